The van der Waals surface area contributed by atoms with Gasteiger partial charge in [0.05, 0.1) is 4.92 Å². The van der Waals surface area contributed by atoms with Crippen LogP contribution in [-0.4, -0.2) is 41.3 Å². The van der Waals surface area contributed by atoms with Crippen molar-refractivity contribution in [3.05, 3.63) is 34.4 Å². The number of hydrogen-bond acceptors (Lipinski definition) is 5. The Bertz CT molecular complexity index is 597. The van der Waals surface area contributed by atoms with Crippen LogP contribution in [0, 0.1) is 16.0 Å². The predicted octanol–water partition coefficient (Wildman–Crippen LogP) is 1.12. The quantitative estimate of drug-likeness (QED) is 0.601. The Kier molecular flexibility index (Phi) is 5.51. The molecule has 0 bridgehead atoms. The number of primary amides is 1. The Morgan fingerprint density at radius 1 is 1.30 bits per heavy atom. The van der Waals surface area contributed by atoms with Crippen LogP contribution in [-0.2, 0) is 9.59 Å². The number of carbonyl (C=O) groups is 2. The van der Waals surface area contributed by atoms with Crippen molar-refractivity contribution in [1.29, 1.82) is 0 Å². The third-order valence-corrected chi connectivity index (χ3v) is 4.01. The topological polar surface area (TPSA) is 119 Å². The Balaban J connectivity index is 1.80. The summed E-state index contributed by atoms with van der Waals surface area (Å²) in [5.41, 5.74) is 5.65. The van der Waals surface area contributed by atoms with Crippen LogP contribution < -0.4 is 11.1 Å². The summed E-state index contributed by atoms with van der Waals surface area (Å²) < 4.78 is 0. The minimum Gasteiger partial charge on any atom is -0.379 e. The monoisotopic (exact) mass is 320 g/mol. The lowest BCUT2D eigenvalue weighted by atomic mass is 9.96. The number of nitro groups is 1. The highest BCUT2D eigenvalue weighted by molar-refractivity contribution is 5.79. The van der Waals surface area contributed by atoms with Gasteiger partial charge in [0.15, 0.2) is 0 Å². The van der Waals surface area contributed by atoms with Crippen LogP contribution in [0.3, 0.4) is 0 Å². The van der Waals surface area contributed by atoms with E-state index in [9.17, 15) is 19.7 Å². The zero-order chi connectivity index (χ0) is 16.8. The number of nitrogens with zero attached hydrogens (tertiary/aromatic N) is 2. The average Bonchev–Trinajstić information content (AvgIpc) is 2.55. The van der Waals surface area contributed by atoms with Crippen molar-refractivity contribution < 1.29 is 14.5 Å². The molecular formula is C15H20N4O4. The van der Waals surface area contributed by atoms with Gasteiger partial charge in [-0.05, 0) is 18.9 Å². The summed E-state index contributed by atoms with van der Waals surface area (Å²) in [5, 5.41) is 13.8. The second-order valence-corrected chi connectivity index (χ2v) is 5.51. The first-order chi connectivity index (χ1) is 11.0. The number of piperidine rings is 1. The molecule has 0 saturated carbocycles. The van der Waals surface area contributed by atoms with E-state index >= 15 is 0 Å². The number of rotatable bonds is 6. The first kappa shape index (κ1) is 16.7. The zero-order valence-electron chi connectivity index (χ0n) is 12.7. The lowest BCUT2D eigenvalue weighted by Crippen LogP contribution is -2.42. The Morgan fingerprint density at radius 3 is 2.57 bits per heavy atom. The molecule has 1 heterocycles. The molecule has 124 valence electrons. The Morgan fingerprint density at radius 2 is 1.96 bits per heavy atom. The third kappa shape index (κ3) is 4.41. The second kappa shape index (κ2) is 7.57. The van der Waals surface area contributed by atoms with Crippen molar-refractivity contribution in [2.75, 3.05) is 25.0 Å². The van der Waals surface area contributed by atoms with Gasteiger partial charge in [0, 0.05) is 38.0 Å². The number of para-hydroxylation sites is 2. The molecule has 0 radical (unpaired) electrons. The molecule has 1 aromatic rings. The molecule has 0 unspecified atom stereocenters. The SMILES string of the molecule is NC(=O)C1CCN(C(=O)CCNc2ccccc2[N+](=O)[O-])CC1. The summed E-state index contributed by atoms with van der Waals surface area (Å²) >= 11 is 0. The highest BCUT2D eigenvalue weighted by atomic mass is 16.6. The first-order valence-corrected chi connectivity index (χ1v) is 7.53. The van der Waals surface area contributed by atoms with Gasteiger partial charge < -0.3 is 16.0 Å². The summed E-state index contributed by atoms with van der Waals surface area (Å²) in [6, 6.07) is 6.32. The van der Waals surface area contributed by atoms with Gasteiger partial charge in [0.25, 0.3) is 5.69 Å². The molecule has 8 nitrogen and oxygen atoms in total. The number of nitrogens with one attached hydrogen (secondary N) is 1. The van der Waals surface area contributed by atoms with Crippen LogP contribution in [0.4, 0.5) is 11.4 Å². The number of anilines is 1. The molecule has 1 fully saturated rings. The molecule has 1 aliphatic heterocycles. The van der Waals surface area contributed by atoms with E-state index in [2.05, 4.69) is 5.32 Å². The summed E-state index contributed by atoms with van der Waals surface area (Å²) in [6.45, 7) is 1.37. The van der Waals surface area contributed by atoms with Gasteiger partial charge in [0.1, 0.15) is 5.69 Å². The minimum atomic E-state index is -0.460. The van der Waals surface area contributed by atoms with Crippen LogP contribution in [0.5, 0.6) is 0 Å². The van der Waals surface area contributed by atoms with Gasteiger partial charge in [-0.25, -0.2) is 0 Å². The fourth-order valence-corrected chi connectivity index (χ4v) is 2.66. The molecular weight excluding hydrogens is 300 g/mol. The summed E-state index contributed by atoms with van der Waals surface area (Å²) in [5.74, 6) is -0.488. The molecule has 1 aliphatic rings. The fraction of sp³-hybridized carbons (Fsp3) is 0.467. The average molecular weight is 320 g/mol. The zero-order valence-corrected chi connectivity index (χ0v) is 12.7. The van der Waals surface area contributed by atoms with Crippen molar-refractivity contribution in [2.45, 2.75) is 19.3 Å². The van der Waals surface area contributed by atoms with Crippen LogP contribution in [0.25, 0.3) is 0 Å². The van der Waals surface area contributed by atoms with E-state index in [1.54, 1.807) is 23.1 Å². The molecule has 3 N–H and O–H groups in total. The molecule has 0 aromatic heterocycles. The summed E-state index contributed by atoms with van der Waals surface area (Å²) in [7, 11) is 0. The standard InChI is InChI=1S/C15H20N4O4/c16-15(21)11-6-9-18(10-7-11)14(20)5-8-17-12-3-1-2-4-13(12)19(22)23/h1-4,11,17H,5-10H2,(H2,16,21). The number of carbonyl (C=O) groups excluding carboxylic acids is 2. The first-order valence-electron chi connectivity index (χ1n) is 7.53. The lowest BCUT2D eigenvalue weighted by Gasteiger charge is -2.30. The maximum Gasteiger partial charge on any atom is 0.292 e. The van der Waals surface area contributed by atoms with Gasteiger partial charge in [-0.1, -0.05) is 12.1 Å². The third-order valence-electron chi connectivity index (χ3n) is 4.01. The van der Waals surface area contributed by atoms with Gasteiger partial charge in [0.2, 0.25) is 11.8 Å². The van der Waals surface area contributed by atoms with Crippen molar-refractivity contribution >= 4 is 23.2 Å². The van der Waals surface area contributed by atoms with Crippen LogP contribution in [0.1, 0.15) is 19.3 Å². The maximum absolute atomic E-state index is 12.1. The fourth-order valence-electron chi connectivity index (χ4n) is 2.66. The van der Waals surface area contributed by atoms with Gasteiger partial charge in [-0.2, -0.15) is 0 Å². The molecule has 2 rings (SSSR count). The van der Waals surface area contributed by atoms with E-state index in [0.717, 1.165) is 0 Å². The molecule has 1 saturated heterocycles. The van der Waals surface area contributed by atoms with Crippen LogP contribution in [0.15, 0.2) is 24.3 Å². The van der Waals surface area contributed by atoms with Crippen molar-refractivity contribution in [2.24, 2.45) is 11.7 Å². The van der Waals surface area contributed by atoms with E-state index < -0.39 is 4.92 Å². The predicted molar refractivity (Wildman–Crippen MR) is 84.7 cm³/mol. The van der Waals surface area contributed by atoms with Crippen molar-refractivity contribution in [3.8, 4) is 0 Å². The number of benzene rings is 1. The van der Waals surface area contributed by atoms with Crippen LogP contribution >= 0.6 is 0 Å². The van der Waals surface area contributed by atoms with E-state index in [0.29, 0.717) is 38.2 Å². The highest BCUT2D eigenvalue weighted by Crippen LogP contribution is 2.23. The molecule has 2 amide bonds. The molecule has 0 spiro atoms. The van der Waals surface area contributed by atoms with Gasteiger partial charge in [-0.3, -0.25) is 19.7 Å². The van der Waals surface area contributed by atoms with Crippen molar-refractivity contribution in [3.63, 3.8) is 0 Å². The molecule has 1 aromatic carbocycles. The number of amides is 2. The number of hydrogen-bond donors (Lipinski definition) is 2. The van der Waals surface area contributed by atoms with E-state index in [-0.39, 0.29) is 29.8 Å². The maximum atomic E-state index is 12.1. The smallest absolute Gasteiger partial charge is 0.292 e. The molecule has 0 aliphatic carbocycles. The largest absolute Gasteiger partial charge is 0.379 e. The Labute approximate surface area is 133 Å². The van der Waals surface area contributed by atoms with Crippen LogP contribution in [0.2, 0.25) is 0 Å². The summed E-state index contributed by atoms with van der Waals surface area (Å²) in [6.07, 6.45) is 1.44. The van der Waals surface area contributed by atoms with E-state index in [4.69, 9.17) is 5.73 Å². The minimum absolute atomic E-state index is 0.0118. The van der Waals surface area contributed by atoms with Gasteiger partial charge >= 0.3 is 0 Å². The molecule has 23 heavy (non-hydrogen) atoms. The van der Waals surface area contributed by atoms with Crippen molar-refractivity contribution in [1.82, 2.24) is 4.90 Å². The normalized spacial score (nSPS) is 15.2. The molecule has 0 atom stereocenters. The Hall–Kier alpha value is -2.64. The number of likely N-dealkylation sites (tertiary alicyclic amines) is 1. The lowest BCUT2D eigenvalue weighted by molar-refractivity contribution is -0.384. The molecule has 8 heteroatoms. The van der Waals surface area contributed by atoms with E-state index in [1.807, 2.05) is 0 Å². The van der Waals surface area contributed by atoms with E-state index in [1.165, 1.54) is 6.07 Å². The summed E-state index contributed by atoms with van der Waals surface area (Å²) in [4.78, 5) is 35.4. The number of nitrogens with two attached hydrogens (primary N) is 1. The van der Waals surface area contributed by atoms with Gasteiger partial charge in [-0.15, -0.1) is 0 Å². The second-order valence-electron chi connectivity index (χ2n) is 5.51. The highest BCUT2D eigenvalue weighted by Gasteiger charge is 2.25. The number of nitro benzene ring substituents is 1.